The minimum absolute atomic E-state index is 0.0185. The number of carbonyl (C=O) groups is 1. The standard InChI is InChI=1S/C17H20N4O3S/c1-3-4-9-25-17-18-14(10-15(23)19-17)16(24)21-20-11(2)12-5-7-13(22)8-6-12/h5-8,10,22H,3-4,9H2,1-2H3,(H,21,24)(H,18,19,23)/b20-11+. The molecule has 25 heavy (non-hydrogen) atoms. The largest absolute Gasteiger partial charge is 0.508 e. The van der Waals surface area contributed by atoms with Gasteiger partial charge >= 0.3 is 0 Å². The number of phenols is 1. The number of aromatic nitrogens is 2. The first-order valence-corrected chi connectivity index (χ1v) is 8.86. The Bertz CT molecular complexity index is 815. The van der Waals surface area contributed by atoms with Crippen LogP contribution < -0.4 is 11.0 Å². The number of hydrazone groups is 1. The molecule has 0 aliphatic carbocycles. The molecule has 8 heteroatoms. The van der Waals surface area contributed by atoms with E-state index in [-0.39, 0.29) is 17.0 Å². The number of rotatable bonds is 7. The smallest absolute Gasteiger partial charge is 0.290 e. The van der Waals surface area contributed by atoms with E-state index in [2.05, 4.69) is 27.4 Å². The molecule has 0 aliphatic rings. The lowest BCUT2D eigenvalue weighted by Crippen LogP contribution is -2.23. The van der Waals surface area contributed by atoms with Gasteiger partial charge in [0.05, 0.1) is 5.71 Å². The van der Waals surface area contributed by atoms with Gasteiger partial charge in [0.1, 0.15) is 11.4 Å². The van der Waals surface area contributed by atoms with E-state index in [4.69, 9.17) is 0 Å². The molecule has 0 unspecified atom stereocenters. The molecule has 2 rings (SSSR count). The van der Waals surface area contributed by atoms with Crippen molar-refractivity contribution < 1.29 is 9.90 Å². The summed E-state index contributed by atoms with van der Waals surface area (Å²) in [4.78, 5) is 30.7. The molecule has 132 valence electrons. The lowest BCUT2D eigenvalue weighted by molar-refractivity contribution is 0.0948. The Hall–Kier alpha value is -2.61. The van der Waals surface area contributed by atoms with Crippen molar-refractivity contribution in [3.05, 3.63) is 51.9 Å². The van der Waals surface area contributed by atoms with E-state index in [1.807, 2.05) is 0 Å². The van der Waals surface area contributed by atoms with Crippen molar-refractivity contribution in [1.82, 2.24) is 15.4 Å². The predicted octanol–water partition coefficient (Wildman–Crippen LogP) is 2.52. The maximum atomic E-state index is 12.2. The molecular formula is C17H20N4O3S. The number of aromatic hydroxyl groups is 1. The maximum absolute atomic E-state index is 12.2. The lowest BCUT2D eigenvalue weighted by Gasteiger charge is -2.04. The normalized spacial score (nSPS) is 11.4. The summed E-state index contributed by atoms with van der Waals surface area (Å²) in [7, 11) is 0. The van der Waals surface area contributed by atoms with Gasteiger partial charge in [0.25, 0.3) is 11.5 Å². The third-order valence-corrected chi connectivity index (χ3v) is 4.26. The number of phenolic OH excluding ortho intramolecular Hbond substituents is 1. The SMILES string of the molecule is CCCCSc1nc(C(=O)N/N=C(\C)c2ccc(O)cc2)cc(=O)[nH]1. The number of unbranched alkanes of at least 4 members (excludes halogenated alkanes) is 1. The van der Waals surface area contributed by atoms with Crippen LogP contribution in [0.1, 0.15) is 42.7 Å². The summed E-state index contributed by atoms with van der Waals surface area (Å²) in [6.45, 7) is 3.80. The molecule has 1 aromatic carbocycles. The summed E-state index contributed by atoms with van der Waals surface area (Å²) in [6, 6.07) is 7.59. The van der Waals surface area contributed by atoms with E-state index >= 15 is 0 Å². The van der Waals surface area contributed by atoms with Gasteiger partial charge in [-0.1, -0.05) is 25.1 Å². The van der Waals surface area contributed by atoms with E-state index in [9.17, 15) is 14.7 Å². The van der Waals surface area contributed by atoms with Gasteiger partial charge in [-0.3, -0.25) is 9.59 Å². The first-order chi connectivity index (χ1) is 12.0. The zero-order valence-electron chi connectivity index (χ0n) is 14.1. The zero-order chi connectivity index (χ0) is 18.2. The Labute approximate surface area is 149 Å². The number of thioether (sulfide) groups is 1. The van der Waals surface area contributed by atoms with Crippen LogP contribution in [0.3, 0.4) is 0 Å². The Balaban J connectivity index is 2.08. The summed E-state index contributed by atoms with van der Waals surface area (Å²) in [5.74, 6) is 0.422. The topological polar surface area (TPSA) is 107 Å². The number of H-pyrrole nitrogens is 1. The highest BCUT2D eigenvalue weighted by atomic mass is 32.2. The average Bonchev–Trinajstić information content (AvgIpc) is 2.59. The highest BCUT2D eigenvalue weighted by Crippen LogP contribution is 2.13. The molecule has 0 atom stereocenters. The van der Waals surface area contributed by atoms with Gasteiger partial charge in [0.2, 0.25) is 0 Å². The van der Waals surface area contributed by atoms with Crippen molar-refractivity contribution in [2.45, 2.75) is 31.8 Å². The van der Waals surface area contributed by atoms with Crippen molar-refractivity contribution >= 4 is 23.4 Å². The van der Waals surface area contributed by atoms with Gasteiger partial charge < -0.3 is 10.1 Å². The van der Waals surface area contributed by atoms with Gasteiger partial charge in [0.15, 0.2) is 5.16 Å². The number of amides is 1. The van der Waals surface area contributed by atoms with E-state index in [1.54, 1.807) is 19.1 Å². The van der Waals surface area contributed by atoms with Crippen LogP contribution in [0.25, 0.3) is 0 Å². The second-order valence-corrected chi connectivity index (χ2v) is 6.41. The first kappa shape index (κ1) is 18.7. The number of hydrogen-bond donors (Lipinski definition) is 3. The Morgan fingerprint density at radius 1 is 1.36 bits per heavy atom. The van der Waals surface area contributed by atoms with E-state index in [1.165, 1.54) is 23.9 Å². The van der Waals surface area contributed by atoms with Crippen LogP contribution in [0.2, 0.25) is 0 Å². The Morgan fingerprint density at radius 3 is 2.76 bits per heavy atom. The van der Waals surface area contributed by atoms with E-state index in [0.29, 0.717) is 10.9 Å². The van der Waals surface area contributed by atoms with Gasteiger partial charge in [0, 0.05) is 11.8 Å². The van der Waals surface area contributed by atoms with Gasteiger partial charge in [-0.15, -0.1) is 0 Å². The van der Waals surface area contributed by atoms with Crippen LogP contribution in [-0.4, -0.2) is 32.4 Å². The molecule has 1 heterocycles. The van der Waals surface area contributed by atoms with Gasteiger partial charge in [-0.2, -0.15) is 5.10 Å². The second-order valence-electron chi connectivity index (χ2n) is 5.32. The molecule has 0 saturated heterocycles. The lowest BCUT2D eigenvalue weighted by atomic mass is 10.1. The fourth-order valence-corrected chi connectivity index (χ4v) is 2.85. The molecule has 0 saturated carbocycles. The molecule has 1 aromatic heterocycles. The molecule has 0 bridgehead atoms. The summed E-state index contributed by atoms with van der Waals surface area (Å²) in [5.41, 5.74) is 3.36. The van der Waals surface area contributed by atoms with Crippen molar-refractivity contribution in [3.63, 3.8) is 0 Å². The summed E-state index contributed by atoms with van der Waals surface area (Å²) < 4.78 is 0. The number of aromatic amines is 1. The van der Waals surface area contributed by atoms with Crippen molar-refractivity contribution in [3.8, 4) is 5.75 Å². The van der Waals surface area contributed by atoms with Crippen LogP contribution in [0.4, 0.5) is 0 Å². The predicted molar refractivity (Wildman–Crippen MR) is 98.3 cm³/mol. The molecule has 0 radical (unpaired) electrons. The first-order valence-electron chi connectivity index (χ1n) is 7.87. The molecule has 0 aliphatic heterocycles. The van der Waals surface area contributed by atoms with Crippen molar-refractivity contribution in [2.75, 3.05) is 5.75 Å². The fraction of sp³-hybridized carbons (Fsp3) is 0.294. The zero-order valence-corrected chi connectivity index (χ0v) is 14.9. The summed E-state index contributed by atoms with van der Waals surface area (Å²) in [5, 5.41) is 13.7. The number of carbonyl (C=O) groups excluding carboxylic acids is 1. The molecule has 3 N–H and O–H groups in total. The molecule has 7 nitrogen and oxygen atoms in total. The molecule has 1 amide bonds. The third kappa shape index (κ3) is 5.75. The molecular weight excluding hydrogens is 340 g/mol. The average molecular weight is 360 g/mol. The van der Waals surface area contributed by atoms with Gasteiger partial charge in [-0.05, 0) is 43.2 Å². The summed E-state index contributed by atoms with van der Waals surface area (Å²) in [6.07, 6.45) is 2.05. The second kappa shape index (κ2) is 9.03. The maximum Gasteiger partial charge on any atom is 0.290 e. The summed E-state index contributed by atoms with van der Waals surface area (Å²) >= 11 is 1.41. The van der Waals surface area contributed by atoms with E-state index < -0.39 is 5.91 Å². The molecule has 0 fully saturated rings. The molecule has 2 aromatic rings. The number of benzene rings is 1. The van der Waals surface area contributed by atoms with Crippen molar-refractivity contribution in [2.24, 2.45) is 5.10 Å². The number of nitrogens with zero attached hydrogens (tertiary/aromatic N) is 2. The number of hydrogen-bond acceptors (Lipinski definition) is 6. The molecule has 0 spiro atoms. The minimum Gasteiger partial charge on any atom is -0.508 e. The number of nitrogens with one attached hydrogen (secondary N) is 2. The van der Waals surface area contributed by atoms with E-state index in [0.717, 1.165) is 30.2 Å². The third-order valence-electron chi connectivity index (χ3n) is 3.30. The highest BCUT2D eigenvalue weighted by Gasteiger charge is 2.10. The van der Waals surface area contributed by atoms with Crippen LogP contribution in [0.5, 0.6) is 5.75 Å². The fourth-order valence-electron chi connectivity index (χ4n) is 1.89. The van der Waals surface area contributed by atoms with Crippen molar-refractivity contribution in [1.29, 1.82) is 0 Å². The minimum atomic E-state index is -0.554. The Kier molecular flexibility index (Phi) is 6.76. The highest BCUT2D eigenvalue weighted by molar-refractivity contribution is 7.99. The van der Waals surface area contributed by atoms with Gasteiger partial charge in [-0.25, -0.2) is 10.4 Å². The van der Waals surface area contributed by atoms with Crippen LogP contribution >= 0.6 is 11.8 Å². The monoisotopic (exact) mass is 360 g/mol. The van der Waals surface area contributed by atoms with Crippen LogP contribution in [0, 0.1) is 0 Å². The quantitative estimate of drug-likeness (QED) is 0.231. The van der Waals surface area contributed by atoms with Crippen LogP contribution in [-0.2, 0) is 0 Å². The Morgan fingerprint density at radius 2 is 2.08 bits per heavy atom. The van der Waals surface area contributed by atoms with Crippen LogP contribution in [0.15, 0.2) is 45.4 Å².